The monoisotopic (exact) mass is 299 g/mol. The summed E-state index contributed by atoms with van der Waals surface area (Å²) in [4.78, 5) is 11.5. The highest BCUT2D eigenvalue weighted by Gasteiger charge is 2.15. The molecule has 0 saturated heterocycles. The molecule has 0 aliphatic carbocycles. The molecule has 0 bridgehead atoms. The highest BCUT2D eigenvalue weighted by Crippen LogP contribution is 2.15. The SMILES string of the molecule is Cc1cc(Br)cc(CNC(=O)OC(C)(C)C)c1. The summed E-state index contributed by atoms with van der Waals surface area (Å²) in [6.45, 7) is 8.01. The van der Waals surface area contributed by atoms with E-state index in [1.54, 1.807) is 0 Å². The van der Waals surface area contributed by atoms with E-state index < -0.39 is 11.7 Å². The van der Waals surface area contributed by atoms with Crippen LogP contribution in [0.2, 0.25) is 0 Å². The van der Waals surface area contributed by atoms with Gasteiger partial charge in [-0.3, -0.25) is 0 Å². The number of amides is 1. The summed E-state index contributed by atoms with van der Waals surface area (Å²) in [6.07, 6.45) is -0.393. The molecule has 0 saturated carbocycles. The minimum Gasteiger partial charge on any atom is -0.444 e. The lowest BCUT2D eigenvalue weighted by Crippen LogP contribution is -2.32. The maximum atomic E-state index is 11.5. The zero-order chi connectivity index (χ0) is 13.1. The highest BCUT2D eigenvalue weighted by molar-refractivity contribution is 9.10. The maximum Gasteiger partial charge on any atom is 0.407 e. The first kappa shape index (κ1) is 14.0. The van der Waals surface area contributed by atoms with Gasteiger partial charge < -0.3 is 10.1 Å². The van der Waals surface area contributed by atoms with E-state index in [4.69, 9.17) is 4.74 Å². The quantitative estimate of drug-likeness (QED) is 0.902. The summed E-state index contributed by atoms with van der Waals surface area (Å²) >= 11 is 3.42. The molecular formula is C13H18BrNO2. The number of hydrogen-bond donors (Lipinski definition) is 1. The van der Waals surface area contributed by atoms with Crippen molar-refractivity contribution in [3.8, 4) is 0 Å². The minimum absolute atomic E-state index is 0.393. The van der Waals surface area contributed by atoms with Gasteiger partial charge in [-0.15, -0.1) is 0 Å². The average Bonchev–Trinajstić information content (AvgIpc) is 2.10. The molecule has 0 radical (unpaired) electrons. The van der Waals surface area contributed by atoms with Gasteiger partial charge in [0.15, 0.2) is 0 Å². The molecule has 1 N–H and O–H groups in total. The number of rotatable bonds is 2. The van der Waals surface area contributed by atoms with Gasteiger partial charge in [-0.2, -0.15) is 0 Å². The Kier molecular flexibility index (Phi) is 4.57. The molecule has 0 spiro atoms. The molecule has 94 valence electrons. The zero-order valence-corrected chi connectivity index (χ0v) is 12.2. The smallest absolute Gasteiger partial charge is 0.407 e. The summed E-state index contributed by atoms with van der Waals surface area (Å²) in [7, 11) is 0. The van der Waals surface area contributed by atoms with Gasteiger partial charge in [0.05, 0.1) is 0 Å². The molecule has 0 aliphatic rings. The highest BCUT2D eigenvalue weighted by atomic mass is 79.9. The van der Waals surface area contributed by atoms with Crippen molar-refractivity contribution in [3.05, 3.63) is 33.8 Å². The van der Waals surface area contributed by atoms with Crippen molar-refractivity contribution in [3.63, 3.8) is 0 Å². The number of nitrogens with one attached hydrogen (secondary N) is 1. The molecule has 1 aromatic carbocycles. The molecule has 17 heavy (non-hydrogen) atoms. The molecule has 0 heterocycles. The van der Waals surface area contributed by atoms with Gasteiger partial charge in [0.2, 0.25) is 0 Å². The molecule has 1 rings (SSSR count). The Morgan fingerprint density at radius 3 is 2.53 bits per heavy atom. The number of ether oxygens (including phenoxy) is 1. The Bertz CT molecular complexity index is 390. The second-order valence-electron chi connectivity index (χ2n) is 4.99. The Morgan fingerprint density at radius 1 is 1.35 bits per heavy atom. The minimum atomic E-state index is -0.461. The average molecular weight is 300 g/mol. The fraction of sp³-hybridized carbons (Fsp3) is 0.462. The number of halogens is 1. The normalized spacial score (nSPS) is 11.1. The maximum absolute atomic E-state index is 11.5. The number of benzene rings is 1. The van der Waals surface area contributed by atoms with Gasteiger partial charge in [-0.25, -0.2) is 4.79 Å². The summed E-state index contributed by atoms with van der Waals surface area (Å²) in [6, 6.07) is 6.03. The first-order valence-corrected chi connectivity index (χ1v) is 6.28. The summed E-state index contributed by atoms with van der Waals surface area (Å²) in [5.74, 6) is 0. The Hall–Kier alpha value is -1.03. The number of alkyl carbamates (subject to hydrolysis) is 1. The lowest BCUT2D eigenvalue weighted by atomic mass is 10.1. The number of carbonyl (C=O) groups excluding carboxylic acids is 1. The van der Waals surface area contributed by atoms with Gasteiger partial charge in [-0.05, 0) is 51.0 Å². The molecule has 0 atom stereocenters. The van der Waals surface area contributed by atoms with Crippen LogP contribution in [0.15, 0.2) is 22.7 Å². The summed E-state index contributed by atoms with van der Waals surface area (Å²) in [5, 5.41) is 2.73. The Labute approximate surface area is 111 Å². The first-order chi connectivity index (χ1) is 7.76. The fourth-order valence-corrected chi connectivity index (χ4v) is 2.06. The Morgan fingerprint density at radius 2 is 2.00 bits per heavy atom. The van der Waals surface area contributed by atoms with Crippen LogP contribution in [0, 0.1) is 6.92 Å². The van der Waals surface area contributed by atoms with Gasteiger partial charge in [0.1, 0.15) is 5.60 Å². The van der Waals surface area contributed by atoms with Crippen molar-refractivity contribution in [2.24, 2.45) is 0 Å². The molecule has 0 aliphatic heterocycles. The third-order valence-corrected chi connectivity index (χ3v) is 2.40. The standard InChI is InChI=1S/C13H18BrNO2/c1-9-5-10(7-11(14)6-9)8-15-12(16)17-13(2,3)4/h5-7H,8H2,1-4H3,(H,15,16). The van der Waals surface area contributed by atoms with Crippen LogP contribution < -0.4 is 5.32 Å². The molecule has 4 heteroatoms. The van der Waals surface area contributed by atoms with Crippen LogP contribution in [0.25, 0.3) is 0 Å². The molecule has 0 unspecified atom stereocenters. The van der Waals surface area contributed by atoms with Crippen LogP contribution >= 0.6 is 15.9 Å². The van der Waals surface area contributed by atoms with Crippen molar-refractivity contribution < 1.29 is 9.53 Å². The number of carbonyl (C=O) groups is 1. The van der Waals surface area contributed by atoms with E-state index in [1.165, 1.54) is 0 Å². The predicted molar refractivity (Wildman–Crippen MR) is 72.0 cm³/mol. The summed E-state index contributed by atoms with van der Waals surface area (Å²) < 4.78 is 6.17. The first-order valence-electron chi connectivity index (χ1n) is 5.49. The topological polar surface area (TPSA) is 38.3 Å². The van der Waals surface area contributed by atoms with Crippen molar-refractivity contribution in [1.82, 2.24) is 5.32 Å². The Balaban J connectivity index is 2.53. The largest absolute Gasteiger partial charge is 0.444 e. The predicted octanol–water partition coefficient (Wildman–Crippen LogP) is 3.78. The lowest BCUT2D eigenvalue weighted by Gasteiger charge is -2.19. The molecule has 0 aromatic heterocycles. The van der Waals surface area contributed by atoms with Crippen LogP contribution in [-0.4, -0.2) is 11.7 Å². The summed E-state index contributed by atoms with van der Waals surface area (Å²) in [5.41, 5.74) is 1.74. The second kappa shape index (κ2) is 5.54. The van der Waals surface area contributed by atoms with Crippen LogP contribution in [0.3, 0.4) is 0 Å². The van der Waals surface area contributed by atoms with Gasteiger partial charge >= 0.3 is 6.09 Å². The van der Waals surface area contributed by atoms with E-state index in [0.29, 0.717) is 6.54 Å². The van der Waals surface area contributed by atoms with Crippen LogP contribution in [-0.2, 0) is 11.3 Å². The molecule has 0 fully saturated rings. The van der Waals surface area contributed by atoms with Gasteiger partial charge in [0, 0.05) is 11.0 Å². The van der Waals surface area contributed by atoms with E-state index in [0.717, 1.165) is 15.6 Å². The van der Waals surface area contributed by atoms with Gasteiger partial charge in [-0.1, -0.05) is 22.0 Å². The van der Waals surface area contributed by atoms with Crippen molar-refractivity contribution in [2.75, 3.05) is 0 Å². The third-order valence-electron chi connectivity index (χ3n) is 1.94. The number of aryl methyl sites for hydroxylation is 1. The fourth-order valence-electron chi connectivity index (χ4n) is 1.40. The zero-order valence-electron chi connectivity index (χ0n) is 10.6. The van der Waals surface area contributed by atoms with E-state index in [-0.39, 0.29) is 0 Å². The van der Waals surface area contributed by atoms with Crippen molar-refractivity contribution >= 4 is 22.0 Å². The van der Waals surface area contributed by atoms with Crippen molar-refractivity contribution in [1.29, 1.82) is 0 Å². The molecule has 3 nitrogen and oxygen atoms in total. The second-order valence-corrected chi connectivity index (χ2v) is 5.91. The third kappa shape index (κ3) is 5.73. The number of hydrogen-bond acceptors (Lipinski definition) is 2. The van der Waals surface area contributed by atoms with E-state index in [2.05, 4.69) is 21.2 Å². The molecule has 1 aromatic rings. The van der Waals surface area contributed by atoms with Crippen LogP contribution in [0.1, 0.15) is 31.9 Å². The lowest BCUT2D eigenvalue weighted by molar-refractivity contribution is 0.0523. The van der Waals surface area contributed by atoms with Crippen LogP contribution in [0.5, 0.6) is 0 Å². The molecule has 1 amide bonds. The van der Waals surface area contributed by atoms with Gasteiger partial charge in [0.25, 0.3) is 0 Å². The van der Waals surface area contributed by atoms with E-state index >= 15 is 0 Å². The van der Waals surface area contributed by atoms with E-state index in [9.17, 15) is 4.79 Å². The molecular weight excluding hydrogens is 282 g/mol. The van der Waals surface area contributed by atoms with Crippen LogP contribution in [0.4, 0.5) is 4.79 Å². The van der Waals surface area contributed by atoms with Crippen molar-refractivity contribution in [2.45, 2.75) is 39.8 Å². The van der Waals surface area contributed by atoms with E-state index in [1.807, 2.05) is 45.9 Å².